The van der Waals surface area contributed by atoms with Gasteiger partial charge in [-0.3, -0.25) is 14.4 Å². The van der Waals surface area contributed by atoms with E-state index in [1.807, 2.05) is 0 Å². The minimum absolute atomic E-state index is 0.0829. The van der Waals surface area contributed by atoms with Crippen LogP contribution in [-0.4, -0.2) is 37.2 Å². The van der Waals surface area contributed by atoms with Gasteiger partial charge in [-0.15, -0.1) is 0 Å². The quantitative estimate of drug-likeness (QED) is 0.0261. The van der Waals surface area contributed by atoms with E-state index in [0.717, 1.165) is 96.3 Å². The zero-order valence-corrected chi connectivity index (χ0v) is 51.5. The SMILES string of the molecule is CC/C=C\C/C=C\C/C=C\C/C=C\C/C=C\CCCCCC(=O)OC(COC(=O)CCCCCCCCCCCCCCCCCCC)COC(=O)CCCCCCCCCCCCCCCCCCCCCCCCC. The molecular formula is C71H128O6. The second kappa shape index (κ2) is 65.6. The van der Waals surface area contributed by atoms with Crippen LogP contribution < -0.4 is 0 Å². The van der Waals surface area contributed by atoms with Gasteiger partial charge in [-0.05, 0) is 64.2 Å². The van der Waals surface area contributed by atoms with E-state index in [0.29, 0.717) is 19.3 Å². The average molecular weight is 1080 g/mol. The van der Waals surface area contributed by atoms with Crippen LogP contribution in [0.15, 0.2) is 60.8 Å². The maximum absolute atomic E-state index is 12.9. The van der Waals surface area contributed by atoms with Crippen LogP contribution in [0.4, 0.5) is 0 Å². The van der Waals surface area contributed by atoms with E-state index >= 15 is 0 Å². The predicted octanol–water partition coefficient (Wildman–Crippen LogP) is 23.1. The molecule has 0 radical (unpaired) electrons. The summed E-state index contributed by atoms with van der Waals surface area (Å²) in [5, 5.41) is 0. The normalized spacial score (nSPS) is 12.4. The molecule has 0 N–H and O–H groups in total. The first-order valence-electron chi connectivity index (χ1n) is 33.8. The number of ether oxygens (including phenoxy) is 3. The van der Waals surface area contributed by atoms with E-state index < -0.39 is 6.10 Å². The van der Waals surface area contributed by atoms with Crippen molar-refractivity contribution in [2.75, 3.05) is 13.2 Å². The summed E-state index contributed by atoms with van der Waals surface area (Å²) in [6.45, 7) is 6.57. The topological polar surface area (TPSA) is 78.9 Å². The van der Waals surface area contributed by atoms with Gasteiger partial charge in [0.15, 0.2) is 6.10 Å². The number of hydrogen-bond donors (Lipinski definition) is 0. The van der Waals surface area contributed by atoms with Crippen molar-refractivity contribution in [2.45, 2.75) is 361 Å². The van der Waals surface area contributed by atoms with Crippen LogP contribution in [0.2, 0.25) is 0 Å². The largest absolute Gasteiger partial charge is 0.462 e. The Morgan fingerprint density at radius 1 is 0.273 bits per heavy atom. The molecule has 0 heterocycles. The standard InChI is InChI=1S/C71H128O6/c1-4-7-10-13-16-19-22-25-28-31-33-34-35-36-38-40-43-46-49-52-55-58-61-64-70(73)76-67-68(66-75-69(72)63-60-57-54-51-48-45-42-39-30-27-24-21-18-15-12-9-6-3)77-71(74)65-62-59-56-53-50-47-44-41-37-32-29-26-23-20-17-14-11-8-5-2/h8,11,17,20,26,29,37,41,47,50,68H,4-7,9-10,12-16,18-19,21-25,27-28,30-36,38-40,42-46,48-49,51-67H2,1-3H3/b11-8-,20-17-,29-26-,41-37-,50-47-. The molecule has 0 aromatic rings. The summed E-state index contributed by atoms with van der Waals surface area (Å²) < 4.78 is 17.0. The molecule has 0 spiro atoms. The second-order valence-electron chi connectivity index (χ2n) is 22.7. The van der Waals surface area contributed by atoms with Gasteiger partial charge in [-0.1, -0.05) is 332 Å². The molecule has 0 bridgehead atoms. The zero-order valence-electron chi connectivity index (χ0n) is 51.5. The molecule has 0 saturated heterocycles. The molecule has 1 unspecified atom stereocenters. The van der Waals surface area contributed by atoms with Crippen molar-refractivity contribution in [1.82, 2.24) is 0 Å². The minimum Gasteiger partial charge on any atom is -0.462 e. The predicted molar refractivity (Wildman–Crippen MR) is 335 cm³/mol. The molecule has 0 aliphatic rings. The summed E-state index contributed by atoms with van der Waals surface area (Å²) in [4.78, 5) is 38.4. The van der Waals surface area contributed by atoms with Gasteiger partial charge in [-0.25, -0.2) is 0 Å². The fraction of sp³-hybridized carbons (Fsp3) is 0.817. The molecule has 6 heteroatoms. The molecule has 0 saturated carbocycles. The molecule has 448 valence electrons. The Morgan fingerprint density at radius 2 is 0.506 bits per heavy atom. The molecule has 0 aromatic heterocycles. The van der Waals surface area contributed by atoms with Crippen LogP contribution in [0.5, 0.6) is 0 Å². The molecule has 1 atom stereocenters. The highest BCUT2D eigenvalue weighted by Gasteiger charge is 2.19. The van der Waals surface area contributed by atoms with Gasteiger partial charge in [0.25, 0.3) is 0 Å². The molecule has 0 aliphatic heterocycles. The Kier molecular flexibility index (Phi) is 63.2. The molecule has 0 amide bonds. The smallest absolute Gasteiger partial charge is 0.306 e. The van der Waals surface area contributed by atoms with Gasteiger partial charge in [0.1, 0.15) is 13.2 Å². The average Bonchev–Trinajstić information content (AvgIpc) is 3.43. The fourth-order valence-electron chi connectivity index (χ4n) is 10.0. The van der Waals surface area contributed by atoms with Gasteiger partial charge in [0.05, 0.1) is 0 Å². The Morgan fingerprint density at radius 3 is 0.792 bits per heavy atom. The van der Waals surface area contributed by atoms with Crippen LogP contribution in [-0.2, 0) is 28.6 Å². The molecule has 0 fully saturated rings. The lowest BCUT2D eigenvalue weighted by molar-refractivity contribution is -0.167. The Labute approximate surface area is 479 Å². The Balaban J connectivity index is 4.35. The number of hydrogen-bond acceptors (Lipinski definition) is 6. The van der Waals surface area contributed by atoms with Crippen LogP contribution >= 0.6 is 0 Å². The van der Waals surface area contributed by atoms with Gasteiger partial charge in [0.2, 0.25) is 0 Å². The second-order valence-corrected chi connectivity index (χ2v) is 22.7. The molecule has 77 heavy (non-hydrogen) atoms. The van der Waals surface area contributed by atoms with Crippen molar-refractivity contribution in [3.63, 3.8) is 0 Å². The maximum atomic E-state index is 12.9. The highest BCUT2D eigenvalue weighted by Crippen LogP contribution is 2.18. The third-order valence-corrected chi connectivity index (χ3v) is 15.0. The van der Waals surface area contributed by atoms with E-state index in [1.165, 1.54) is 218 Å². The van der Waals surface area contributed by atoms with Crippen molar-refractivity contribution >= 4 is 17.9 Å². The highest BCUT2D eigenvalue weighted by atomic mass is 16.6. The van der Waals surface area contributed by atoms with Crippen molar-refractivity contribution in [3.8, 4) is 0 Å². The molecule has 0 aliphatic carbocycles. The number of carbonyl (C=O) groups excluding carboxylic acids is 3. The first-order valence-corrected chi connectivity index (χ1v) is 33.8. The van der Waals surface area contributed by atoms with Gasteiger partial charge in [0, 0.05) is 19.3 Å². The van der Waals surface area contributed by atoms with E-state index in [9.17, 15) is 14.4 Å². The van der Waals surface area contributed by atoms with Crippen LogP contribution in [0.3, 0.4) is 0 Å². The molecule has 0 aromatic carbocycles. The molecule has 0 rings (SSSR count). The molecular weight excluding hydrogens is 949 g/mol. The lowest BCUT2D eigenvalue weighted by Gasteiger charge is -2.18. The first kappa shape index (κ1) is 74.1. The van der Waals surface area contributed by atoms with E-state index in [4.69, 9.17) is 14.2 Å². The van der Waals surface area contributed by atoms with E-state index in [1.54, 1.807) is 0 Å². The summed E-state index contributed by atoms with van der Waals surface area (Å²) in [5.74, 6) is -0.891. The van der Waals surface area contributed by atoms with Crippen molar-refractivity contribution in [3.05, 3.63) is 60.8 Å². The fourth-order valence-corrected chi connectivity index (χ4v) is 10.0. The van der Waals surface area contributed by atoms with E-state index in [-0.39, 0.29) is 31.1 Å². The van der Waals surface area contributed by atoms with Crippen LogP contribution in [0.1, 0.15) is 355 Å². The third kappa shape index (κ3) is 63.8. The zero-order chi connectivity index (χ0) is 55.7. The van der Waals surface area contributed by atoms with Gasteiger partial charge < -0.3 is 14.2 Å². The summed E-state index contributed by atoms with van der Waals surface area (Å²) >= 11 is 0. The molecule has 6 nitrogen and oxygen atoms in total. The summed E-state index contributed by atoms with van der Waals surface area (Å²) in [5.41, 5.74) is 0. The van der Waals surface area contributed by atoms with Crippen molar-refractivity contribution in [2.24, 2.45) is 0 Å². The minimum atomic E-state index is -0.790. The van der Waals surface area contributed by atoms with Crippen molar-refractivity contribution in [1.29, 1.82) is 0 Å². The summed E-state index contributed by atoms with van der Waals surface area (Å²) in [6, 6.07) is 0. The number of unbranched alkanes of at least 4 members (excludes halogenated alkanes) is 41. The third-order valence-electron chi connectivity index (χ3n) is 15.0. The van der Waals surface area contributed by atoms with Crippen LogP contribution in [0.25, 0.3) is 0 Å². The Bertz CT molecular complexity index is 1380. The first-order chi connectivity index (χ1) is 38.0. The number of rotatable bonds is 62. The summed E-state index contributed by atoms with van der Waals surface area (Å²) in [7, 11) is 0. The monoisotopic (exact) mass is 1080 g/mol. The lowest BCUT2D eigenvalue weighted by Crippen LogP contribution is -2.30. The number of carbonyl (C=O) groups is 3. The maximum Gasteiger partial charge on any atom is 0.306 e. The van der Waals surface area contributed by atoms with Crippen LogP contribution in [0, 0.1) is 0 Å². The van der Waals surface area contributed by atoms with Gasteiger partial charge in [-0.2, -0.15) is 0 Å². The summed E-state index contributed by atoms with van der Waals surface area (Å²) in [6.07, 6.45) is 83.8. The Hall–Kier alpha value is -2.89. The van der Waals surface area contributed by atoms with E-state index in [2.05, 4.69) is 81.5 Å². The lowest BCUT2D eigenvalue weighted by atomic mass is 10.0. The number of allylic oxidation sites excluding steroid dienone is 10. The van der Waals surface area contributed by atoms with Gasteiger partial charge >= 0.3 is 17.9 Å². The van der Waals surface area contributed by atoms with Crippen molar-refractivity contribution < 1.29 is 28.6 Å². The number of esters is 3. The highest BCUT2D eigenvalue weighted by molar-refractivity contribution is 5.71.